The molecule has 3 rings (SSSR count). The molecule has 1 aliphatic heterocycles. The first-order valence-corrected chi connectivity index (χ1v) is 6.81. The third-order valence-electron chi connectivity index (χ3n) is 3.86. The summed E-state index contributed by atoms with van der Waals surface area (Å²) in [6, 6.07) is 0. The minimum absolute atomic E-state index is 0.464. The monoisotopic (exact) mass is 260 g/mol. The third-order valence-corrected chi connectivity index (χ3v) is 3.86. The minimum atomic E-state index is 0.464. The summed E-state index contributed by atoms with van der Waals surface area (Å²) in [6.45, 7) is 4.12. The number of fused-ring (bicyclic) bond motifs is 1. The van der Waals surface area contributed by atoms with Crippen molar-refractivity contribution in [2.24, 2.45) is 12.8 Å². The molecule has 0 bridgehead atoms. The second kappa shape index (κ2) is 4.90. The van der Waals surface area contributed by atoms with Crippen LogP contribution in [0, 0.1) is 6.92 Å². The second-order valence-electron chi connectivity index (χ2n) is 5.21. The van der Waals surface area contributed by atoms with Crippen LogP contribution in [0.1, 0.15) is 35.8 Å². The molecule has 5 heteroatoms. The van der Waals surface area contributed by atoms with Crippen LogP contribution in [0.3, 0.4) is 0 Å². The van der Waals surface area contributed by atoms with Crippen LogP contribution in [-0.4, -0.2) is 27.7 Å². The van der Waals surface area contributed by atoms with Gasteiger partial charge in [-0.3, -0.25) is 0 Å². The van der Waals surface area contributed by atoms with E-state index < -0.39 is 0 Å². The van der Waals surface area contributed by atoms with E-state index in [4.69, 9.17) is 15.5 Å². The van der Waals surface area contributed by atoms with Crippen molar-refractivity contribution >= 4 is 11.0 Å². The Morgan fingerprint density at radius 3 is 2.79 bits per heavy atom. The van der Waals surface area contributed by atoms with Gasteiger partial charge in [0.05, 0.1) is 5.69 Å². The van der Waals surface area contributed by atoms with Gasteiger partial charge in [-0.05, 0) is 25.3 Å². The average Bonchev–Trinajstić information content (AvgIpc) is 2.76. The molecule has 0 radical (unpaired) electrons. The topological polar surface area (TPSA) is 66.0 Å². The summed E-state index contributed by atoms with van der Waals surface area (Å²) < 4.78 is 7.50. The lowest BCUT2D eigenvalue weighted by Gasteiger charge is -2.22. The number of rotatable bonds is 2. The maximum absolute atomic E-state index is 5.87. The van der Waals surface area contributed by atoms with Gasteiger partial charge in [0.1, 0.15) is 11.5 Å². The van der Waals surface area contributed by atoms with Gasteiger partial charge in [-0.2, -0.15) is 0 Å². The fourth-order valence-electron chi connectivity index (χ4n) is 2.92. The van der Waals surface area contributed by atoms with Crippen LogP contribution in [0.2, 0.25) is 0 Å². The molecule has 2 N–H and O–H groups in total. The number of nitrogens with two attached hydrogens (primary N) is 1. The molecule has 3 heterocycles. The smallest absolute Gasteiger partial charge is 0.143 e. The zero-order valence-electron chi connectivity index (χ0n) is 11.5. The Hall–Kier alpha value is -1.46. The number of aromatic nitrogens is 3. The summed E-state index contributed by atoms with van der Waals surface area (Å²) in [5.74, 6) is 1.30. The molecule has 5 nitrogen and oxygen atoms in total. The standard InChI is InChI=1S/C14H20N4O/c1-9-16-13(10-3-5-19-6-4-10)12-11(7-15)8-18(2)14(12)17-9/h8,10H,3-7,15H2,1-2H3. The van der Waals surface area contributed by atoms with E-state index in [1.807, 2.05) is 14.0 Å². The Bertz CT molecular complexity index is 599. The van der Waals surface area contributed by atoms with E-state index in [2.05, 4.69) is 15.7 Å². The fraction of sp³-hybridized carbons (Fsp3) is 0.571. The lowest BCUT2D eigenvalue weighted by Crippen LogP contribution is -2.16. The van der Waals surface area contributed by atoms with Gasteiger partial charge < -0.3 is 15.0 Å². The van der Waals surface area contributed by atoms with Gasteiger partial charge >= 0.3 is 0 Å². The molecule has 19 heavy (non-hydrogen) atoms. The summed E-state index contributed by atoms with van der Waals surface area (Å²) in [5, 5.41) is 1.16. The first kappa shape index (κ1) is 12.6. The number of nitrogens with zero attached hydrogens (tertiary/aromatic N) is 3. The van der Waals surface area contributed by atoms with Crippen LogP contribution in [0.15, 0.2) is 6.20 Å². The molecular formula is C14H20N4O. The normalized spacial score (nSPS) is 17.2. The van der Waals surface area contributed by atoms with E-state index in [0.29, 0.717) is 12.5 Å². The minimum Gasteiger partial charge on any atom is -0.381 e. The van der Waals surface area contributed by atoms with Crippen LogP contribution < -0.4 is 5.73 Å². The summed E-state index contributed by atoms with van der Waals surface area (Å²) in [7, 11) is 2.02. The summed E-state index contributed by atoms with van der Waals surface area (Å²) in [5.41, 5.74) is 9.16. The van der Waals surface area contributed by atoms with Crippen molar-refractivity contribution in [3.8, 4) is 0 Å². The molecular weight excluding hydrogens is 240 g/mol. The maximum Gasteiger partial charge on any atom is 0.143 e. The Balaban J connectivity index is 2.20. The van der Waals surface area contributed by atoms with Crippen LogP contribution in [0.4, 0.5) is 0 Å². The molecule has 0 unspecified atom stereocenters. The summed E-state index contributed by atoms with van der Waals surface area (Å²) >= 11 is 0. The first-order chi connectivity index (χ1) is 9.20. The highest BCUT2D eigenvalue weighted by Gasteiger charge is 2.23. The number of aryl methyl sites for hydroxylation is 2. The van der Waals surface area contributed by atoms with Crippen molar-refractivity contribution in [3.05, 3.63) is 23.3 Å². The van der Waals surface area contributed by atoms with Crippen molar-refractivity contribution in [2.75, 3.05) is 13.2 Å². The molecule has 0 amide bonds. The molecule has 0 spiro atoms. The molecule has 1 fully saturated rings. The van der Waals surface area contributed by atoms with E-state index in [1.165, 1.54) is 0 Å². The van der Waals surface area contributed by atoms with E-state index >= 15 is 0 Å². The van der Waals surface area contributed by atoms with Gasteiger partial charge in [-0.1, -0.05) is 0 Å². The van der Waals surface area contributed by atoms with Crippen molar-refractivity contribution in [1.29, 1.82) is 0 Å². The number of hydrogen-bond acceptors (Lipinski definition) is 4. The lowest BCUT2D eigenvalue weighted by molar-refractivity contribution is 0.0847. The molecule has 0 aliphatic carbocycles. The van der Waals surface area contributed by atoms with Crippen LogP contribution in [-0.2, 0) is 18.3 Å². The van der Waals surface area contributed by atoms with E-state index in [1.54, 1.807) is 0 Å². The second-order valence-corrected chi connectivity index (χ2v) is 5.21. The molecule has 0 saturated carbocycles. The third kappa shape index (κ3) is 2.13. The highest BCUT2D eigenvalue weighted by atomic mass is 16.5. The van der Waals surface area contributed by atoms with Crippen LogP contribution in [0.25, 0.3) is 11.0 Å². The van der Waals surface area contributed by atoms with Crippen molar-refractivity contribution < 1.29 is 4.74 Å². The number of hydrogen-bond donors (Lipinski definition) is 1. The van der Waals surface area contributed by atoms with Crippen molar-refractivity contribution in [3.63, 3.8) is 0 Å². The fourth-order valence-corrected chi connectivity index (χ4v) is 2.92. The van der Waals surface area contributed by atoms with E-state index in [-0.39, 0.29) is 0 Å². The average molecular weight is 260 g/mol. The lowest BCUT2D eigenvalue weighted by atomic mass is 9.93. The highest BCUT2D eigenvalue weighted by Crippen LogP contribution is 2.32. The molecule has 2 aromatic rings. The maximum atomic E-state index is 5.87. The summed E-state index contributed by atoms with van der Waals surface area (Å²) in [6.07, 6.45) is 4.14. The Morgan fingerprint density at radius 2 is 2.11 bits per heavy atom. The largest absolute Gasteiger partial charge is 0.381 e. The van der Waals surface area contributed by atoms with Gasteiger partial charge in [-0.15, -0.1) is 0 Å². The van der Waals surface area contributed by atoms with Gasteiger partial charge in [-0.25, -0.2) is 9.97 Å². The van der Waals surface area contributed by atoms with Gasteiger partial charge in [0.15, 0.2) is 0 Å². The number of ether oxygens (including phenoxy) is 1. The SMILES string of the molecule is Cc1nc(C2CCOCC2)c2c(CN)cn(C)c2n1. The van der Waals surface area contributed by atoms with Gasteiger partial charge in [0, 0.05) is 44.3 Å². The Kier molecular flexibility index (Phi) is 3.24. The molecule has 2 aromatic heterocycles. The Morgan fingerprint density at radius 1 is 1.37 bits per heavy atom. The van der Waals surface area contributed by atoms with Crippen LogP contribution in [0.5, 0.6) is 0 Å². The van der Waals surface area contributed by atoms with Crippen molar-refractivity contribution in [2.45, 2.75) is 32.2 Å². The molecule has 0 aromatic carbocycles. The van der Waals surface area contributed by atoms with Crippen molar-refractivity contribution in [1.82, 2.24) is 14.5 Å². The molecule has 1 saturated heterocycles. The van der Waals surface area contributed by atoms with Crippen LogP contribution >= 0.6 is 0 Å². The Labute approximate surface area is 112 Å². The predicted molar refractivity (Wildman–Crippen MR) is 73.9 cm³/mol. The van der Waals surface area contributed by atoms with E-state index in [9.17, 15) is 0 Å². The zero-order valence-corrected chi connectivity index (χ0v) is 11.5. The van der Waals surface area contributed by atoms with E-state index in [0.717, 1.165) is 54.2 Å². The highest BCUT2D eigenvalue weighted by molar-refractivity contribution is 5.83. The molecule has 1 aliphatic rings. The molecule has 0 atom stereocenters. The van der Waals surface area contributed by atoms with Gasteiger partial charge in [0.2, 0.25) is 0 Å². The quantitative estimate of drug-likeness (QED) is 0.891. The first-order valence-electron chi connectivity index (χ1n) is 6.81. The zero-order chi connectivity index (χ0) is 13.4. The summed E-state index contributed by atoms with van der Waals surface area (Å²) in [4.78, 5) is 9.28. The molecule has 102 valence electrons. The predicted octanol–water partition coefficient (Wildman–Crippen LogP) is 1.63. The van der Waals surface area contributed by atoms with Gasteiger partial charge in [0.25, 0.3) is 0 Å².